The van der Waals surface area contributed by atoms with Gasteiger partial charge in [-0.05, 0) is 57.1 Å². The predicted octanol–water partition coefficient (Wildman–Crippen LogP) is 3.51. The molecule has 1 amide bonds. The molecule has 8 nitrogen and oxygen atoms in total. The van der Waals surface area contributed by atoms with Crippen LogP contribution in [0.25, 0.3) is 22.3 Å². The second-order valence-electron chi connectivity index (χ2n) is 8.58. The second kappa shape index (κ2) is 9.59. The van der Waals surface area contributed by atoms with E-state index in [0.717, 1.165) is 48.4 Å². The summed E-state index contributed by atoms with van der Waals surface area (Å²) < 4.78 is 5.62. The summed E-state index contributed by atoms with van der Waals surface area (Å²) in [5, 5.41) is 7.78. The van der Waals surface area contributed by atoms with Crippen molar-refractivity contribution in [3.63, 3.8) is 0 Å². The molecule has 3 aromatic rings. The van der Waals surface area contributed by atoms with E-state index in [2.05, 4.69) is 27.4 Å². The summed E-state index contributed by atoms with van der Waals surface area (Å²) in [4.78, 5) is 29.3. The van der Waals surface area contributed by atoms with Crippen LogP contribution in [-0.4, -0.2) is 59.7 Å². The van der Waals surface area contributed by atoms with Crippen molar-refractivity contribution in [3.8, 4) is 11.3 Å². The number of morpholine rings is 1. The van der Waals surface area contributed by atoms with Crippen LogP contribution >= 0.6 is 11.6 Å². The minimum Gasteiger partial charge on any atom is -0.377 e. The number of nitrogens with one attached hydrogen (secondary N) is 2. The maximum Gasteiger partial charge on any atom is 0.233 e. The summed E-state index contributed by atoms with van der Waals surface area (Å²) in [6.07, 6.45) is 1.62. The van der Waals surface area contributed by atoms with E-state index in [1.54, 1.807) is 0 Å². The Labute approximate surface area is 197 Å². The number of halogens is 1. The molecule has 0 radical (unpaired) electrons. The number of rotatable bonds is 4. The van der Waals surface area contributed by atoms with Gasteiger partial charge in [-0.25, -0.2) is 4.98 Å². The number of benzene rings is 1. The predicted molar refractivity (Wildman–Crippen MR) is 130 cm³/mol. The Hall–Kier alpha value is -2.81. The minimum absolute atomic E-state index is 0.0364. The van der Waals surface area contributed by atoms with Crippen molar-refractivity contribution in [2.24, 2.45) is 5.92 Å². The lowest BCUT2D eigenvalue weighted by Crippen LogP contribution is -2.44. The smallest absolute Gasteiger partial charge is 0.233 e. The lowest BCUT2D eigenvalue weighted by Gasteiger charge is -2.35. The van der Waals surface area contributed by atoms with E-state index in [1.807, 2.05) is 36.4 Å². The van der Waals surface area contributed by atoms with Gasteiger partial charge < -0.3 is 15.0 Å². The number of carbonyl (C=O) groups excluding carboxylic acids is 1. The molecule has 0 spiro atoms. The first-order valence-corrected chi connectivity index (χ1v) is 11.8. The van der Waals surface area contributed by atoms with Crippen molar-refractivity contribution >= 4 is 40.3 Å². The fourth-order valence-corrected chi connectivity index (χ4v) is 4.51. The lowest BCUT2D eigenvalue weighted by atomic mass is 9.97. The van der Waals surface area contributed by atoms with E-state index >= 15 is 0 Å². The molecule has 2 aliphatic heterocycles. The topological polar surface area (TPSA) is 92.3 Å². The highest BCUT2D eigenvalue weighted by molar-refractivity contribution is 6.30. The summed E-state index contributed by atoms with van der Waals surface area (Å²) in [6, 6.07) is 11.7. The molecule has 172 valence electrons. The normalized spacial score (nSPS) is 19.6. The number of fused-ring (bicyclic) bond motifs is 1. The quantitative estimate of drug-likeness (QED) is 0.607. The Morgan fingerprint density at radius 2 is 1.91 bits per heavy atom. The summed E-state index contributed by atoms with van der Waals surface area (Å²) in [5.74, 6) is 0.988. The van der Waals surface area contributed by atoms with Crippen LogP contribution in [0.3, 0.4) is 0 Å². The molecule has 0 bridgehead atoms. The van der Waals surface area contributed by atoms with Gasteiger partial charge in [0.15, 0.2) is 5.65 Å². The van der Waals surface area contributed by atoms with E-state index in [1.165, 1.54) is 0 Å². The zero-order valence-corrected chi connectivity index (χ0v) is 19.3. The van der Waals surface area contributed by atoms with Crippen molar-refractivity contribution < 1.29 is 9.53 Å². The van der Waals surface area contributed by atoms with Crippen molar-refractivity contribution in [1.29, 1.82) is 0 Å². The molecule has 5 rings (SSSR count). The van der Waals surface area contributed by atoms with Crippen LogP contribution in [0.2, 0.25) is 5.02 Å². The zero-order chi connectivity index (χ0) is 22.8. The van der Waals surface area contributed by atoms with E-state index in [4.69, 9.17) is 26.3 Å². The average molecular weight is 467 g/mol. The molecule has 9 heteroatoms. The molecular formula is C24H27ClN6O2. The van der Waals surface area contributed by atoms with E-state index < -0.39 is 0 Å². The van der Waals surface area contributed by atoms with Gasteiger partial charge in [0.2, 0.25) is 11.9 Å². The summed E-state index contributed by atoms with van der Waals surface area (Å²) in [6.45, 7) is 5.77. The molecule has 1 atom stereocenters. The molecule has 2 saturated heterocycles. The van der Waals surface area contributed by atoms with E-state index in [9.17, 15) is 4.79 Å². The molecule has 4 heterocycles. The minimum atomic E-state index is -0.0373. The Bertz CT molecular complexity index is 1150. The van der Waals surface area contributed by atoms with Crippen LogP contribution in [0.5, 0.6) is 0 Å². The fraction of sp³-hybridized carbons (Fsp3) is 0.417. The highest BCUT2D eigenvalue weighted by Gasteiger charge is 2.26. The SMILES string of the molecule is C[C@H]1COCCN1c1nc(NC(=O)C2CCNCC2)nc2nc(-c3ccc(Cl)cc3)ccc12. The number of pyridine rings is 1. The lowest BCUT2D eigenvalue weighted by molar-refractivity contribution is -0.120. The van der Waals surface area contributed by atoms with Crippen LogP contribution in [0.1, 0.15) is 19.8 Å². The first-order valence-electron chi connectivity index (χ1n) is 11.4. The third-order valence-electron chi connectivity index (χ3n) is 6.26. The first-order chi connectivity index (χ1) is 16.1. The van der Waals surface area contributed by atoms with Crippen molar-refractivity contribution in [3.05, 3.63) is 41.4 Å². The van der Waals surface area contributed by atoms with Gasteiger partial charge in [-0.15, -0.1) is 0 Å². The molecule has 2 N–H and O–H groups in total. The molecule has 0 unspecified atom stereocenters. The Morgan fingerprint density at radius 1 is 1.12 bits per heavy atom. The molecule has 0 aliphatic carbocycles. The van der Waals surface area contributed by atoms with Gasteiger partial charge in [0.1, 0.15) is 5.82 Å². The standard InChI is InChI=1S/C24H27ClN6O2/c1-15-14-33-13-12-31(15)22-19-6-7-20(16-2-4-18(25)5-3-16)27-21(19)28-24(29-22)30-23(32)17-8-10-26-11-9-17/h2-7,15,17,26H,8-14H2,1H3,(H,27,28,29,30,32)/t15-/m0/s1. The van der Waals surface area contributed by atoms with Gasteiger partial charge in [-0.3, -0.25) is 10.1 Å². The molecular weight excluding hydrogens is 440 g/mol. The number of carbonyl (C=O) groups is 1. The number of hydrogen-bond acceptors (Lipinski definition) is 7. The number of anilines is 2. The third-order valence-corrected chi connectivity index (χ3v) is 6.52. The van der Waals surface area contributed by atoms with Crippen molar-refractivity contribution in [1.82, 2.24) is 20.3 Å². The van der Waals surface area contributed by atoms with Gasteiger partial charge in [0.25, 0.3) is 0 Å². The van der Waals surface area contributed by atoms with Crippen LogP contribution in [0.15, 0.2) is 36.4 Å². The van der Waals surface area contributed by atoms with Gasteiger partial charge >= 0.3 is 0 Å². The van der Waals surface area contributed by atoms with Crippen molar-refractivity contribution in [2.45, 2.75) is 25.8 Å². The van der Waals surface area contributed by atoms with E-state index in [0.29, 0.717) is 36.4 Å². The van der Waals surface area contributed by atoms with Crippen LogP contribution < -0.4 is 15.5 Å². The Balaban J connectivity index is 1.55. The number of piperidine rings is 1. The number of nitrogens with zero attached hydrogens (tertiary/aromatic N) is 4. The van der Waals surface area contributed by atoms with Gasteiger partial charge in [-0.2, -0.15) is 9.97 Å². The number of aromatic nitrogens is 3. The molecule has 0 saturated carbocycles. The Morgan fingerprint density at radius 3 is 2.67 bits per heavy atom. The summed E-state index contributed by atoms with van der Waals surface area (Å²) in [7, 11) is 0. The maximum atomic E-state index is 12.9. The number of hydrogen-bond donors (Lipinski definition) is 2. The largest absolute Gasteiger partial charge is 0.377 e. The highest BCUT2D eigenvalue weighted by atomic mass is 35.5. The Kier molecular flexibility index (Phi) is 6.39. The monoisotopic (exact) mass is 466 g/mol. The van der Waals surface area contributed by atoms with Gasteiger partial charge in [0, 0.05) is 23.0 Å². The number of amides is 1. The zero-order valence-electron chi connectivity index (χ0n) is 18.6. The number of ether oxygens (including phenoxy) is 1. The van der Waals surface area contributed by atoms with Gasteiger partial charge in [-0.1, -0.05) is 23.7 Å². The molecule has 2 aromatic heterocycles. The molecule has 1 aromatic carbocycles. The third kappa shape index (κ3) is 4.78. The highest BCUT2D eigenvalue weighted by Crippen LogP contribution is 2.30. The van der Waals surface area contributed by atoms with Gasteiger partial charge in [0.05, 0.1) is 30.3 Å². The molecule has 33 heavy (non-hydrogen) atoms. The summed E-state index contributed by atoms with van der Waals surface area (Å²) in [5.41, 5.74) is 2.28. The summed E-state index contributed by atoms with van der Waals surface area (Å²) >= 11 is 6.05. The second-order valence-corrected chi connectivity index (χ2v) is 9.01. The maximum absolute atomic E-state index is 12.9. The average Bonchev–Trinajstić information content (AvgIpc) is 2.84. The van der Waals surface area contributed by atoms with Crippen LogP contribution in [-0.2, 0) is 9.53 Å². The molecule has 2 fully saturated rings. The molecule has 2 aliphatic rings. The van der Waals surface area contributed by atoms with Crippen LogP contribution in [0.4, 0.5) is 11.8 Å². The van der Waals surface area contributed by atoms with Crippen molar-refractivity contribution in [2.75, 3.05) is 43.1 Å². The van der Waals surface area contributed by atoms with Crippen LogP contribution in [0, 0.1) is 5.92 Å². The first kappa shape index (κ1) is 22.0. The van der Waals surface area contributed by atoms with E-state index in [-0.39, 0.29) is 17.9 Å². The fourth-order valence-electron chi connectivity index (χ4n) is 4.39.